The molecule has 1 heterocycles. The Hall–Kier alpha value is -1.26. The lowest BCUT2D eigenvalue weighted by molar-refractivity contribution is -0.134. The highest BCUT2D eigenvalue weighted by molar-refractivity contribution is 5.81. The molecule has 5 heteroatoms. The average molecular weight is 296 g/mol. The van der Waals surface area contributed by atoms with Gasteiger partial charge in [0, 0.05) is 31.6 Å². The minimum atomic E-state index is 0.241. The van der Waals surface area contributed by atoms with E-state index in [1.54, 1.807) is 0 Å². The van der Waals surface area contributed by atoms with Crippen LogP contribution in [-0.4, -0.2) is 48.5 Å². The first kappa shape index (κ1) is 17.8. The molecule has 2 unspecified atom stereocenters. The van der Waals surface area contributed by atoms with Crippen molar-refractivity contribution < 1.29 is 4.79 Å². The summed E-state index contributed by atoms with van der Waals surface area (Å²) in [6, 6.07) is 0.780. The normalized spacial score (nSPS) is 21.0. The largest absolute Gasteiger partial charge is 0.357 e. The summed E-state index contributed by atoms with van der Waals surface area (Å²) in [5.74, 6) is 1.05. The van der Waals surface area contributed by atoms with Gasteiger partial charge < -0.3 is 15.5 Å². The summed E-state index contributed by atoms with van der Waals surface area (Å²) in [4.78, 5) is 18.8. The Kier molecular flexibility index (Phi) is 8.16. The van der Waals surface area contributed by atoms with Gasteiger partial charge in [0.25, 0.3) is 0 Å². The van der Waals surface area contributed by atoms with E-state index < -0.39 is 0 Å². The van der Waals surface area contributed by atoms with Gasteiger partial charge in [-0.05, 0) is 46.5 Å². The van der Waals surface area contributed by atoms with Crippen LogP contribution in [0.15, 0.2) is 4.99 Å². The molecule has 0 spiro atoms. The Labute approximate surface area is 129 Å². The van der Waals surface area contributed by atoms with Crippen LogP contribution < -0.4 is 10.6 Å². The number of hydrogen-bond acceptors (Lipinski definition) is 2. The van der Waals surface area contributed by atoms with Crippen molar-refractivity contribution in [3.05, 3.63) is 0 Å². The monoisotopic (exact) mass is 296 g/mol. The molecule has 1 aliphatic rings. The third kappa shape index (κ3) is 6.36. The lowest BCUT2D eigenvalue weighted by Crippen LogP contribution is -2.43. The van der Waals surface area contributed by atoms with Crippen LogP contribution in [-0.2, 0) is 4.79 Å². The first-order valence-electron chi connectivity index (χ1n) is 8.42. The lowest BCUT2D eigenvalue weighted by Gasteiger charge is -2.33. The molecule has 21 heavy (non-hydrogen) atoms. The van der Waals surface area contributed by atoms with E-state index in [1.807, 2.05) is 11.8 Å². The summed E-state index contributed by atoms with van der Waals surface area (Å²) in [6.07, 6.45) is 5.06. The summed E-state index contributed by atoms with van der Waals surface area (Å²) < 4.78 is 0. The van der Waals surface area contributed by atoms with E-state index in [9.17, 15) is 4.79 Å². The fourth-order valence-corrected chi connectivity index (χ4v) is 2.53. The zero-order valence-electron chi connectivity index (χ0n) is 14.1. The number of carbonyl (C=O) groups excluding carboxylic acids is 1. The number of guanidine groups is 1. The number of nitrogens with zero attached hydrogens (tertiary/aromatic N) is 2. The van der Waals surface area contributed by atoms with Crippen molar-refractivity contribution >= 4 is 11.9 Å². The summed E-state index contributed by atoms with van der Waals surface area (Å²) in [6.45, 7) is 10.8. The second kappa shape index (κ2) is 9.64. The van der Waals surface area contributed by atoms with Gasteiger partial charge in [0.1, 0.15) is 0 Å². The van der Waals surface area contributed by atoms with Crippen molar-refractivity contribution in [3.8, 4) is 0 Å². The number of carbonyl (C=O) groups is 1. The molecule has 0 bridgehead atoms. The first-order valence-corrected chi connectivity index (χ1v) is 8.42. The van der Waals surface area contributed by atoms with Gasteiger partial charge in [0.2, 0.25) is 5.91 Å². The van der Waals surface area contributed by atoms with Crippen molar-refractivity contribution in [2.24, 2.45) is 4.99 Å². The van der Waals surface area contributed by atoms with Gasteiger partial charge in [0.15, 0.2) is 5.96 Å². The van der Waals surface area contributed by atoms with Gasteiger partial charge in [-0.2, -0.15) is 0 Å². The van der Waals surface area contributed by atoms with E-state index >= 15 is 0 Å². The van der Waals surface area contributed by atoms with E-state index in [1.165, 1.54) is 6.42 Å². The second-order valence-corrected chi connectivity index (χ2v) is 5.90. The highest BCUT2D eigenvalue weighted by Gasteiger charge is 2.22. The average Bonchev–Trinajstić information content (AvgIpc) is 2.47. The number of hydrogen-bond donors (Lipinski definition) is 2. The maximum atomic E-state index is 12.2. The van der Waals surface area contributed by atoms with Gasteiger partial charge in [0.05, 0.1) is 6.54 Å². The topological polar surface area (TPSA) is 56.7 Å². The maximum Gasteiger partial charge on any atom is 0.224 e. The van der Waals surface area contributed by atoms with Crippen LogP contribution in [0.25, 0.3) is 0 Å². The van der Waals surface area contributed by atoms with Crippen molar-refractivity contribution in [3.63, 3.8) is 0 Å². The lowest BCUT2D eigenvalue weighted by atomic mass is 10.0. The van der Waals surface area contributed by atoms with Crippen LogP contribution >= 0.6 is 0 Å². The molecule has 1 aliphatic heterocycles. The first-order chi connectivity index (χ1) is 10.1. The molecule has 1 saturated heterocycles. The van der Waals surface area contributed by atoms with Gasteiger partial charge in [-0.3, -0.25) is 9.79 Å². The molecule has 0 aromatic heterocycles. The van der Waals surface area contributed by atoms with Crippen LogP contribution in [0.5, 0.6) is 0 Å². The molecule has 1 fully saturated rings. The van der Waals surface area contributed by atoms with E-state index in [-0.39, 0.29) is 5.91 Å². The maximum absolute atomic E-state index is 12.2. The quantitative estimate of drug-likeness (QED) is 0.583. The van der Waals surface area contributed by atoms with Crippen molar-refractivity contribution in [2.45, 2.75) is 71.9 Å². The highest BCUT2D eigenvalue weighted by Crippen LogP contribution is 2.17. The molecule has 1 rings (SSSR count). The van der Waals surface area contributed by atoms with Crippen LogP contribution in [0.3, 0.4) is 0 Å². The van der Waals surface area contributed by atoms with Crippen molar-refractivity contribution in [1.82, 2.24) is 15.5 Å². The van der Waals surface area contributed by atoms with Crippen LogP contribution in [0.2, 0.25) is 0 Å². The summed E-state index contributed by atoms with van der Waals surface area (Å²) in [5, 5.41) is 6.57. The fourth-order valence-electron chi connectivity index (χ4n) is 2.53. The molecule has 1 amide bonds. The van der Waals surface area contributed by atoms with Gasteiger partial charge in [-0.1, -0.05) is 6.92 Å². The predicted molar refractivity (Wildman–Crippen MR) is 88.5 cm³/mol. The molecule has 0 saturated carbocycles. The summed E-state index contributed by atoms with van der Waals surface area (Å²) >= 11 is 0. The second-order valence-electron chi connectivity index (χ2n) is 5.90. The Morgan fingerprint density at radius 1 is 1.38 bits per heavy atom. The van der Waals surface area contributed by atoms with E-state index in [2.05, 4.69) is 36.4 Å². The van der Waals surface area contributed by atoms with Crippen LogP contribution in [0.1, 0.15) is 59.8 Å². The third-order valence-corrected chi connectivity index (χ3v) is 4.06. The Bertz CT molecular complexity index is 343. The SMILES string of the molecule is CCNC(=NCCC(=O)N1CCCCC1C)NC(C)CC. The highest BCUT2D eigenvalue weighted by atomic mass is 16.2. The smallest absolute Gasteiger partial charge is 0.224 e. The van der Waals surface area contributed by atoms with Crippen LogP contribution in [0, 0.1) is 0 Å². The Balaban J connectivity index is 2.43. The molecule has 122 valence electrons. The van der Waals surface area contributed by atoms with Gasteiger partial charge in [-0.25, -0.2) is 0 Å². The number of aliphatic imine (C=N–C) groups is 1. The molecule has 2 atom stereocenters. The Morgan fingerprint density at radius 3 is 2.76 bits per heavy atom. The summed E-state index contributed by atoms with van der Waals surface area (Å²) in [7, 11) is 0. The van der Waals surface area contributed by atoms with Gasteiger partial charge in [-0.15, -0.1) is 0 Å². The number of amides is 1. The number of likely N-dealkylation sites (tertiary alicyclic amines) is 1. The molecule has 0 aromatic carbocycles. The number of nitrogens with one attached hydrogen (secondary N) is 2. The minimum absolute atomic E-state index is 0.241. The molecule has 5 nitrogen and oxygen atoms in total. The van der Waals surface area contributed by atoms with E-state index in [0.717, 1.165) is 38.3 Å². The summed E-state index contributed by atoms with van der Waals surface area (Å²) in [5.41, 5.74) is 0. The van der Waals surface area contributed by atoms with Crippen molar-refractivity contribution in [1.29, 1.82) is 0 Å². The molecule has 2 N–H and O–H groups in total. The van der Waals surface area contributed by atoms with E-state index in [4.69, 9.17) is 0 Å². The number of rotatable bonds is 6. The van der Waals surface area contributed by atoms with Crippen LogP contribution in [0.4, 0.5) is 0 Å². The zero-order chi connectivity index (χ0) is 15.7. The third-order valence-electron chi connectivity index (χ3n) is 4.06. The van der Waals surface area contributed by atoms with E-state index in [0.29, 0.717) is 25.0 Å². The molecule has 0 radical (unpaired) electrons. The molecule has 0 aliphatic carbocycles. The zero-order valence-corrected chi connectivity index (χ0v) is 14.1. The molecular formula is C16H32N4O. The van der Waals surface area contributed by atoms with Crippen molar-refractivity contribution in [2.75, 3.05) is 19.6 Å². The Morgan fingerprint density at radius 2 is 2.14 bits per heavy atom. The van der Waals surface area contributed by atoms with Gasteiger partial charge >= 0.3 is 0 Å². The minimum Gasteiger partial charge on any atom is -0.357 e. The predicted octanol–water partition coefficient (Wildman–Crippen LogP) is 2.13. The standard InChI is InChI=1S/C16H32N4O/c1-5-13(3)19-16(17-6-2)18-11-10-15(21)20-12-8-7-9-14(20)4/h13-14H,5-12H2,1-4H3,(H2,17,18,19). The molecular weight excluding hydrogens is 264 g/mol. The number of piperidine rings is 1. The molecule has 0 aromatic rings. The fraction of sp³-hybridized carbons (Fsp3) is 0.875.